The van der Waals surface area contributed by atoms with Gasteiger partial charge in [-0.3, -0.25) is 14.6 Å². The van der Waals surface area contributed by atoms with Crippen molar-refractivity contribution in [1.82, 2.24) is 14.9 Å². The van der Waals surface area contributed by atoms with Crippen LogP contribution < -0.4 is 5.32 Å². The van der Waals surface area contributed by atoms with E-state index in [2.05, 4.69) is 10.3 Å². The van der Waals surface area contributed by atoms with Crippen molar-refractivity contribution in [2.75, 3.05) is 6.54 Å². The van der Waals surface area contributed by atoms with Gasteiger partial charge in [0, 0.05) is 37.5 Å². The summed E-state index contributed by atoms with van der Waals surface area (Å²) in [7, 11) is 0. The second-order valence-electron chi connectivity index (χ2n) is 5.85. The monoisotopic (exact) mass is 351 g/mol. The minimum Gasteiger partial charge on any atom is -0.354 e. The second-order valence-corrected chi connectivity index (χ2v) is 5.85. The molecule has 3 heterocycles. The Morgan fingerprint density at radius 3 is 2.92 bits per heavy atom. The van der Waals surface area contributed by atoms with E-state index in [0.29, 0.717) is 18.5 Å². The maximum Gasteiger partial charge on any atom is 0.416 e. The van der Waals surface area contributed by atoms with Gasteiger partial charge in [0.25, 0.3) is 0 Å². The summed E-state index contributed by atoms with van der Waals surface area (Å²) in [6, 6.07) is 4.81. The molecule has 0 saturated heterocycles. The number of nitrogens with one attached hydrogen (secondary N) is 1. The first kappa shape index (κ1) is 17.2. The molecule has 1 N–H and O–H groups in total. The standard InChI is InChI=1S/C17H16F3N3O2/c18-17(19,20)11-5-7-21-12(10-11)6-8-22-16(25)14-3-4-15(24)13-2-1-9-23(13)14/h1-2,5,7,9-10,14H,3-4,6,8H2,(H,22,25). The zero-order valence-corrected chi connectivity index (χ0v) is 13.2. The fourth-order valence-corrected chi connectivity index (χ4v) is 2.92. The van der Waals surface area contributed by atoms with Gasteiger partial charge in [0.2, 0.25) is 5.91 Å². The van der Waals surface area contributed by atoms with Gasteiger partial charge in [0.05, 0.1) is 11.3 Å². The highest BCUT2D eigenvalue weighted by Crippen LogP contribution is 2.29. The lowest BCUT2D eigenvalue weighted by molar-refractivity contribution is -0.137. The number of fused-ring (bicyclic) bond motifs is 1. The normalized spacial score (nSPS) is 17.2. The third-order valence-corrected chi connectivity index (χ3v) is 4.17. The molecule has 0 bridgehead atoms. The number of carbonyl (C=O) groups excluding carboxylic acids is 2. The molecule has 1 aliphatic rings. The van der Waals surface area contributed by atoms with Crippen LogP contribution in [0.5, 0.6) is 0 Å². The first-order chi connectivity index (χ1) is 11.9. The van der Waals surface area contributed by atoms with Crippen molar-refractivity contribution in [3.05, 3.63) is 53.6 Å². The van der Waals surface area contributed by atoms with Crippen molar-refractivity contribution >= 4 is 11.7 Å². The predicted octanol–water partition coefficient (Wildman–Crippen LogP) is 2.78. The van der Waals surface area contributed by atoms with E-state index in [0.717, 1.165) is 18.3 Å². The highest BCUT2D eigenvalue weighted by molar-refractivity contribution is 5.97. The van der Waals surface area contributed by atoms with Crippen LogP contribution in [0.1, 0.15) is 40.6 Å². The number of hydrogen-bond acceptors (Lipinski definition) is 3. The Balaban J connectivity index is 1.59. The van der Waals surface area contributed by atoms with Gasteiger partial charge in [-0.25, -0.2) is 0 Å². The minimum atomic E-state index is -4.42. The molecule has 5 nitrogen and oxygen atoms in total. The van der Waals surface area contributed by atoms with E-state index in [9.17, 15) is 22.8 Å². The van der Waals surface area contributed by atoms with Gasteiger partial charge in [-0.15, -0.1) is 0 Å². The lowest BCUT2D eigenvalue weighted by atomic mass is 10.0. The highest BCUT2D eigenvalue weighted by Gasteiger charge is 2.31. The van der Waals surface area contributed by atoms with E-state index < -0.39 is 17.8 Å². The van der Waals surface area contributed by atoms with Gasteiger partial charge in [0.1, 0.15) is 6.04 Å². The fourth-order valence-electron chi connectivity index (χ4n) is 2.92. The lowest BCUT2D eigenvalue weighted by Crippen LogP contribution is -2.37. The maximum atomic E-state index is 12.7. The molecule has 1 unspecified atom stereocenters. The summed E-state index contributed by atoms with van der Waals surface area (Å²) in [5.74, 6) is -0.251. The zero-order valence-electron chi connectivity index (χ0n) is 13.2. The van der Waals surface area contributed by atoms with Crippen LogP contribution in [0.15, 0.2) is 36.7 Å². The molecule has 0 aliphatic carbocycles. The van der Waals surface area contributed by atoms with Crippen molar-refractivity contribution in [2.24, 2.45) is 0 Å². The number of nitrogens with zero attached hydrogens (tertiary/aromatic N) is 2. The Morgan fingerprint density at radius 1 is 1.36 bits per heavy atom. The molecule has 2 aromatic heterocycles. The van der Waals surface area contributed by atoms with Crippen molar-refractivity contribution in [3.8, 4) is 0 Å². The molecule has 0 fully saturated rings. The Kier molecular flexibility index (Phi) is 4.61. The Hall–Kier alpha value is -2.64. The number of Topliss-reactive ketones (excluding diaryl/α,β-unsaturated/α-hetero) is 1. The first-order valence-corrected chi connectivity index (χ1v) is 7.86. The third-order valence-electron chi connectivity index (χ3n) is 4.17. The largest absolute Gasteiger partial charge is 0.416 e. The average Bonchev–Trinajstić information content (AvgIpc) is 3.05. The second kappa shape index (κ2) is 6.70. The molecular weight excluding hydrogens is 335 g/mol. The Morgan fingerprint density at radius 2 is 2.16 bits per heavy atom. The molecule has 0 aromatic carbocycles. The van der Waals surface area contributed by atoms with Crippen molar-refractivity contribution in [2.45, 2.75) is 31.5 Å². The molecule has 25 heavy (non-hydrogen) atoms. The van der Waals surface area contributed by atoms with Gasteiger partial charge < -0.3 is 9.88 Å². The number of pyridine rings is 1. The van der Waals surface area contributed by atoms with Crippen LogP contribution in [0, 0.1) is 0 Å². The highest BCUT2D eigenvalue weighted by atomic mass is 19.4. The van der Waals surface area contributed by atoms with E-state index in [-0.39, 0.29) is 30.3 Å². The molecule has 8 heteroatoms. The topological polar surface area (TPSA) is 64.0 Å². The summed E-state index contributed by atoms with van der Waals surface area (Å²) >= 11 is 0. The summed E-state index contributed by atoms with van der Waals surface area (Å²) in [4.78, 5) is 28.0. The quantitative estimate of drug-likeness (QED) is 0.921. The van der Waals surface area contributed by atoms with Crippen LogP contribution in [0.25, 0.3) is 0 Å². The Labute approximate surface area is 141 Å². The number of halogens is 3. The van der Waals surface area contributed by atoms with Crippen LogP contribution in [-0.4, -0.2) is 27.8 Å². The van der Waals surface area contributed by atoms with Crippen molar-refractivity contribution in [3.63, 3.8) is 0 Å². The van der Waals surface area contributed by atoms with Crippen LogP contribution in [0.3, 0.4) is 0 Å². The van der Waals surface area contributed by atoms with E-state index >= 15 is 0 Å². The number of hydrogen-bond donors (Lipinski definition) is 1. The molecule has 3 rings (SSSR count). The minimum absolute atomic E-state index is 0.00205. The smallest absolute Gasteiger partial charge is 0.354 e. The average molecular weight is 351 g/mol. The summed E-state index contributed by atoms with van der Waals surface area (Å²) < 4.78 is 39.7. The van der Waals surface area contributed by atoms with Gasteiger partial charge in [-0.2, -0.15) is 13.2 Å². The molecule has 1 aliphatic heterocycles. The van der Waals surface area contributed by atoms with Gasteiger partial charge >= 0.3 is 6.18 Å². The molecule has 1 atom stereocenters. The number of alkyl halides is 3. The van der Waals surface area contributed by atoms with E-state index in [1.165, 1.54) is 0 Å². The number of aromatic nitrogens is 2. The Bertz CT molecular complexity index is 798. The number of ketones is 1. The summed E-state index contributed by atoms with van der Waals surface area (Å²) in [6.07, 6.45) is -0.713. The lowest BCUT2D eigenvalue weighted by Gasteiger charge is -2.24. The molecular formula is C17H16F3N3O2. The van der Waals surface area contributed by atoms with E-state index in [4.69, 9.17) is 0 Å². The SMILES string of the molecule is O=C1CCC(C(=O)NCCc2cc(C(F)(F)F)ccn2)n2cccc21. The first-order valence-electron chi connectivity index (χ1n) is 7.86. The van der Waals surface area contributed by atoms with Gasteiger partial charge in [-0.1, -0.05) is 0 Å². The van der Waals surface area contributed by atoms with Crippen molar-refractivity contribution < 1.29 is 22.8 Å². The molecule has 0 spiro atoms. The van der Waals surface area contributed by atoms with Gasteiger partial charge in [0.15, 0.2) is 5.78 Å². The van der Waals surface area contributed by atoms with Crippen molar-refractivity contribution in [1.29, 1.82) is 0 Å². The fraction of sp³-hybridized carbons (Fsp3) is 0.353. The maximum absolute atomic E-state index is 12.7. The van der Waals surface area contributed by atoms with E-state index in [1.807, 2.05) is 0 Å². The summed E-state index contributed by atoms with van der Waals surface area (Å²) in [6.45, 7) is 0.175. The molecule has 2 aromatic rings. The van der Waals surface area contributed by atoms with Crippen LogP contribution >= 0.6 is 0 Å². The summed E-state index contributed by atoms with van der Waals surface area (Å²) in [5, 5.41) is 2.71. The number of carbonyl (C=O) groups is 2. The van der Waals surface area contributed by atoms with Gasteiger partial charge in [-0.05, 0) is 30.7 Å². The molecule has 1 amide bonds. The van der Waals surface area contributed by atoms with E-state index in [1.54, 1.807) is 22.9 Å². The predicted molar refractivity (Wildman–Crippen MR) is 83.0 cm³/mol. The molecule has 132 valence electrons. The molecule has 0 radical (unpaired) electrons. The van der Waals surface area contributed by atoms with Crippen LogP contribution in [0.4, 0.5) is 13.2 Å². The van der Waals surface area contributed by atoms with Crippen LogP contribution in [-0.2, 0) is 17.4 Å². The number of amides is 1. The van der Waals surface area contributed by atoms with Crippen LogP contribution in [0.2, 0.25) is 0 Å². The molecule has 0 saturated carbocycles. The zero-order chi connectivity index (χ0) is 18.0. The third kappa shape index (κ3) is 3.72. The number of rotatable bonds is 4. The summed E-state index contributed by atoms with van der Waals surface area (Å²) in [5.41, 5.74) is 0.00754.